The predicted molar refractivity (Wildman–Crippen MR) is 142 cm³/mol. The Morgan fingerprint density at radius 1 is 0.722 bits per heavy atom. The summed E-state index contributed by atoms with van der Waals surface area (Å²) in [5.41, 5.74) is 3.65. The molecule has 5 heteroatoms. The fourth-order valence-electron chi connectivity index (χ4n) is 4.35. The summed E-state index contributed by atoms with van der Waals surface area (Å²) < 4.78 is 17.7. The number of carbonyl (C=O) groups excluding carboxylic acids is 1. The molecule has 0 fully saturated rings. The second-order valence-corrected chi connectivity index (χ2v) is 9.38. The van der Waals surface area contributed by atoms with Gasteiger partial charge in [0.25, 0.3) is 0 Å². The molecular weight excluding hydrogens is 468 g/mol. The highest BCUT2D eigenvalue weighted by Gasteiger charge is 2.29. The Bertz CT molecular complexity index is 1510. The van der Waals surface area contributed by atoms with Gasteiger partial charge in [0.05, 0.1) is 11.3 Å². The molecule has 1 aliphatic heterocycles. The van der Waals surface area contributed by atoms with Gasteiger partial charge in [-0.2, -0.15) is 0 Å². The molecule has 0 radical (unpaired) electrons. The number of hydrogen-bond donors (Lipinski definition) is 0. The summed E-state index contributed by atoms with van der Waals surface area (Å²) in [5.74, 6) is 3.15. The van der Waals surface area contributed by atoms with E-state index < -0.39 is 0 Å². The molecule has 176 valence electrons. The minimum Gasteiger partial charge on any atom is -0.459 e. The van der Waals surface area contributed by atoms with E-state index in [1.54, 1.807) is 11.8 Å². The maximum absolute atomic E-state index is 14.0. The molecule has 4 aromatic carbocycles. The summed E-state index contributed by atoms with van der Waals surface area (Å²) in [4.78, 5) is 15.2. The van der Waals surface area contributed by atoms with Gasteiger partial charge in [0.2, 0.25) is 6.79 Å². The van der Waals surface area contributed by atoms with Crippen LogP contribution >= 0.6 is 11.8 Å². The van der Waals surface area contributed by atoms with Gasteiger partial charge in [0.15, 0.2) is 17.3 Å². The van der Waals surface area contributed by atoms with Crippen molar-refractivity contribution in [1.29, 1.82) is 0 Å². The lowest BCUT2D eigenvalue weighted by Crippen LogP contribution is -2.04. The average molecular weight is 491 g/mol. The first-order valence-corrected chi connectivity index (χ1v) is 12.7. The van der Waals surface area contributed by atoms with Crippen molar-refractivity contribution < 1.29 is 18.7 Å². The van der Waals surface area contributed by atoms with E-state index in [2.05, 4.69) is 12.1 Å². The van der Waals surface area contributed by atoms with Crippen LogP contribution in [0.2, 0.25) is 0 Å². The van der Waals surface area contributed by atoms with Crippen LogP contribution in [0.5, 0.6) is 11.5 Å². The largest absolute Gasteiger partial charge is 0.459 e. The fraction of sp³-hybridized carbons (Fsp3) is 0.0645. The summed E-state index contributed by atoms with van der Waals surface area (Å²) in [7, 11) is 0. The highest BCUT2D eigenvalue weighted by atomic mass is 32.2. The third-order valence-corrected chi connectivity index (χ3v) is 7.07. The second kappa shape index (κ2) is 9.80. The quantitative estimate of drug-likeness (QED) is 0.172. The zero-order valence-electron chi connectivity index (χ0n) is 19.3. The van der Waals surface area contributed by atoms with Gasteiger partial charge in [-0.25, -0.2) is 0 Å². The van der Waals surface area contributed by atoms with Crippen molar-refractivity contribution in [2.75, 3.05) is 6.79 Å². The summed E-state index contributed by atoms with van der Waals surface area (Å²) in [6.45, 7) is 0.186. The van der Waals surface area contributed by atoms with Gasteiger partial charge < -0.3 is 13.9 Å². The zero-order valence-corrected chi connectivity index (χ0v) is 20.2. The van der Waals surface area contributed by atoms with Crippen molar-refractivity contribution in [3.05, 3.63) is 126 Å². The van der Waals surface area contributed by atoms with Crippen LogP contribution in [-0.4, -0.2) is 12.6 Å². The van der Waals surface area contributed by atoms with Gasteiger partial charge in [-0.1, -0.05) is 84.9 Å². The predicted octanol–water partition coefficient (Wildman–Crippen LogP) is 7.87. The van der Waals surface area contributed by atoms with Gasteiger partial charge in [-0.05, 0) is 29.8 Å². The van der Waals surface area contributed by atoms with E-state index >= 15 is 0 Å². The number of thioether (sulfide) groups is 1. The molecular formula is C31H22O4S. The molecule has 2 heterocycles. The molecule has 0 saturated heterocycles. The van der Waals surface area contributed by atoms with Crippen LogP contribution < -0.4 is 9.47 Å². The second-order valence-electron chi connectivity index (χ2n) is 8.34. The molecule has 6 rings (SSSR count). The molecule has 1 aliphatic rings. The van der Waals surface area contributed by atoms with Crippen molar-refractivity contribution in [3.8, 4) is 33.9 Å². The summed E-state index contributed by atoms with van der Waals surface area (Å²) >= 11 is 1.67. The lowest BCUT2D eigenvalue weighted by molar-refractivity contribution is 0.103. The SMILES string of the molecule is O=C(c1ccccc1)c1c(-c2ccccc2)oc(CSc2ccccc2)c1-c1ccc2c(c1)OCO2. The third kappa shape index (κ3) is 4.30. The number of carbonyl (C=O) groups is 1. The van der Waals surface area contributed by atoms with Crippen LogP contribution in [0.1, 0.15) is 21.7 Å². The van der Waals surface area contributed by atoms with Gasteiger partial charge in [-0.3, -0.25) is 4.79 Å². The molecule has 0 N–H and O–H groups in total. The van der Waals surface area contributed by atoms with E-state index in [4.69, 9.17) is 13.9 Å². The van der Waals surface area contributed by atoms with Crippen LogP contribution in [0, 0.1) is 0 Å². The number of rotatable bonds is 7. The van der Waals surface area contributed by atoms with Gasteiger partial charge in [0.1, 0.15) is 11.5 Å². The van der Waals surface area contributed by atoms with Gasteiger partial charge in [-0.15, -0.1) is 11.8 Å². The first-order valence-electron chi connectivity index (χ1n) is 11.7. The van der Waals surface area contributed by atoms with E-state index in [0.29, 0.717) is 34.1 Å². The summed E-state index contributed by atoms with van der Waals surface area (Å²) in [5, 5.41) is 0. The Balaban J connectivity index is 1.56. The molecule has 0 atom stereocenters. The standard InChI is InChI=1S/C31H22O4S/c32-30(21-10-4-1-5-11-21)29-28(23-16-17-25-26(18-23)34-20-33-25)27(19-36-24-14-8-3-9-15-24)35-31(29)22-12-6-2-7-13-22/h1-18H,19-20H2. The molecule has 0 amide bonds. The molecule has 0 bridgehead atoms. The van der Waals surface area contributed by atoms with Crippen molar-refractivity contribution in [2.45, 2.75) is 10.6 Å². The molecule has 0 aliphatic carbocycles. The van der Waals surface area contributed by atoms with Crippen LogP contribution in [0.4, 0.5) is 0 Å². The topological polar surface area (TPSA) is 48.7 Å². The molecule has 5 aromatic rings. The van der Waals surface area contributed by atoms with E-state index in [1.165, 1.54) is 0 Å². The number of furan rings is 1. The maximum Gasteiger partial charge on any atom is 0.231 e. The zero-order chi connectivity index (χ0) is 24.3. The van der Waals surface area contributed by atoms with Crippen molar-refractivity contribution in [3.63, 3.8) is 0 Å². The number of benzene rings is 4. The Kier molecular flexibility index (Phi) is 6.06. The Morgan fingerprint density at radius 3 is 2.14 bits per heavy atom. The number of ketones is 1. The van der Waals surface area contributed by atoms with Crippen molar-refractivity contribution in [2.24, 2.45) is 0 Å². The summed E-state index contributed by atoms with van der Waals surface area (Å²) in [6, 6.07) is 35.1. The summed E-state index contributed by atoms with van der Waals surface area (Å²) in [6.07, 6.45) is 0. The molecule has 1 aromatic heterocycles. The van der Waals surface area contributed by atoms with Crippen LogP contribution in [-0.2, 0) is 5.75 Å². The number of hydrogen-bond acceptors (Lipinski definition) is 5. The Labute approximate surface area is 213 Å². The van der Waals surface area contributed by atoms with Crippen LogP contribution in [0.3, 0.4) is 0 Å². The van der Waals surface area contributed by atoms with Crippen molar-refractivity contribution in [1.82, 2.24) is 0 Å². The van der Waals surface area contributed by atoms with E-state index in [-0.39, 0.29) is 12.6 Å². The number of fused-ring (bicyclic) bond motifs is 1. The first-order chi connectivity index (χ1) is 17.8. The molecule has 0 saturated carbocycles. The highest BCUT2D eigenvalue weighted by molar-refractivity contribution is 7.98. The first kappa shape index (κ1) is 22.3. The minimum atomic E-state index is -0.0816. The van der Waals surface area contributed by atoms with Crippen LogP contribution in [0.15, 0.2) is 119 Å². The normalized spacial score (nSPS) is 12.0. The molecule has 0 unspecified atom stereocenters. The Morgan fingerprint density at radius 2 is 1.39 bits per heavy atom. The molecule has 36 heavy (non-hydrogen) atoms. The Hall–Kier alpha value is -4.22. The van der Waals surface area contributed by atoms with Gasteiger partial charge >= 0.3 is 0 Å². The average Bonchev–Trinajstić information content (AvgIpc) is 3.57. The smallest absolute Gasteiger partial charge is 0.231 e. The number of ether oxygens (including phenoxy) is 2. The molecule has 0 spiro atoms. The van der Waals surface area contributed by atoms with Crippen molar-refractivity contribution >= 4 is 17.5 Å². The molecule has 4 nitrogen and oxygen atoms in total. The third-order valence-electron chi connectivity index (χ3n) is 6.05. The monoisotopic (exact) mass is 490 g/mol. The van der Waals surface area contributed by atoms with E-state index in [0.717, 1.165) is 27.3 Å². The maximum atomic E-state index is 14.0. The lowest BCUT2D eigenvalue weighted by Gasteiger charge is -2.09. The lowest BCUT2D eigenvalue weighted by atomic mass is 9.92. The van der Waals surface area contributed by atoms with E-state index in [1.807, 2.05) is 97.1 Å². The fourth-order valence-corrected chi connectivity index (χ4v) is 5.20. The van der Waals surface area contributed by atoms with E-state index in [9.17, 15) is 4.79 Å². The minimum absolute atomic E-state index is 0.0816. The highest BCUT2D eigenvalue weighted by Crippen LogP contribution is 2.44. The van der Waals surface area contributed by atoms with Crippen LogP contribution in [0.25, 0.3) is 22.5 Å². The van der Waals surface area contributed by atoms with Gasteiger partial charge in [0, 0.05) is 21.6 Å².